The van der Waals surface area contributed by atoms with E-state index in [0.29, 0.717) is 47.3 Å². The van der Waals surface area contributed by atoms with Gasteiger partial charge in [0.15, 0.2) is 0 Å². The first-order chi connectivity index (χ1) is 15.6. The van der Waals surface area contributed by atoms with E-state index in [2.05, 4.69) is 18.2 Å². The Kier molecular flexibility index (Phi) is 7.37. The van der Waals surface area contributed by atoms with Gasteiger partial charge >= 0.3 is 0 Å². The highest BCUT2D eigenvalue weighted by Gasteiger charge is 2.22. The Balaban J connectivity index is 2.31. The average molecular weight is 447 g/mol. The zero-order chi connectivity index (χ0) is 24.3. The number of hydrogen-bond donors (Lipinski definition) is 3. The SMILES string of the molecule is CC(C)=CCc1c(O)cc(O)c(CC=C(C)C)c1-c1cc2ccc(O)c(CC=C(C)C)c2o1. The summed E-state index contributed by atoms with van der Waals surface area (Å²) in [7, 11) is 0. The molecule has 0 atom stereocenters. The molecule has 0 aliphatic carbocycles. The maximum Gasteiger partial charge on any atom is 0.142 e. The number of phenols is 3. The van der Waals surface area contributed by atoms with Crippen molar-refractivity contribution in [3.05, 3.63) is 75.9 Å². The monoisotopic (exact) mass is 446 g/mol. The summed E-state index contributed by atoms with van der Waals surface area (Å²) in [6.07, 6.45) is 7.73. The van der Waals surface area contributed by atoms with Gasteiger partial charge in [-0.25, -0.2) is 0 Å². The largest absolute Gasteiger partial charge is 0.508 e. The predicted molar refractivity (Wildman–Crippen MR) is 136 cm³/mol. The number of phenolic OH excluding ortho intramolecular Hbond substituents is 3. The molecule has 0 fully saturated rings. The summed E-state index contributed by atoms with van der Waals surface area (Å²) < 4.78 is 6.35. The van der Waals surface area contributed by atoms with Gasteiger partial charge in [0.2, 0.25) is 0 Å². The van der Waals surface area contributed by atoms with Crippen molar-refractivity contribution in [1.29, 1.82) is 0 Å². The minimum absolute atomic E-state index is 0.0361. The van der Waals surface area contributed by atoms with Gasteiger partial charge in [-0.1, -0.05) is 34.9 Å². The number of aromatic hydroxyl groups is 3. The molecule has 0 saturated heterocycles. The van der Waals surface area contributed by atoms with Crippen molar-refractivity contribution in [2.45, 2.75) is 60.8 Å². The Bertz CT molecular complexity index is 1210. The lowest BCUT2D eigenvalue weighted by Crippen LogP contribution is -1.97. The Morgan fingerprint density at radius 3 is 1.64 bits per heavy atom. The van der Waals surface area contributed by atoms with E-state index < -0.39 is 0 Å². The molecule has 174 valence electrons. The zero-order valence-corrected chi connectivity index (χ0v) is 20.4. The van der Waals surface area contributed by atoms with E-state index >= 15 is 0 Å². The Hall–Kier alpha value is -3.40. The van der Waals surface area contributed by atoms with Gasteiger partial charge in [0.05, 0.1) is 0 Å². The first kappa shape index (κ1) is 24.2. The van der Waals surface area contributed by atoms with Crippen molar-refractivity contribution < 1.29 is 19.7 Å². The molecule has 0 spiro atoms. The van der Waals surface area contributed by atoms with E-state index in [-0.39, 0.29) is 17.2 Å². The molecule has 0 unspecified atom stereocenters. The van der Waals surface area contributed by atoms with E-state index in [4.69, 9.17) is 4.42 Å². The lowest BCUT2D eigenvalue weighted by atomic mass is 9.92. The third kappa shape index (κ3) is 5.51. The van der Waals surface area contributed by atoms with Crippen LogP contribution in [0.3, 0.4) is 0 Å². The third-order valence-corrected chi connectivity index (χ3v) is 5.65. The summed E-state index contributed by atoms with van der Waals surface area (Å²) >= 11 is 0. The average Bonchev–Trinajstić information content (AvgIpc) is 3.14. The van der Waals surface area contributed by atoms with Crippen LogP contribution in [0.5, 0.6) is 17.2 Å². The predicted octanol–water partition coefficient (Wildman–Crippen LogP) is 7.74. The van der Waals surface area contributed by atoms with Crippen LogP contribution in [0.1, 0.15) is 58.2 Å². The number of benzene rings is 2. The number of furan rings is 1. The minimum atomic E-state index is 0.0361. The maximum absolute atomic E-state index is 10.8. The molecule has 0 radical (unpaired) electrons. The second kappa shape index (κ2) is 10.0. The number of hydrogen-bond acceptors (Lipinski definition) is 4. The van der Waals surface area contributed by atoms with Crippen LogP contribution in [0.2, 0.25) is 0 Å². The van der Waals surface area contributed by atoms with Crippen molar-refractivity contribution in [3.63, 3.8) is 0 Å². The number of rotatable bonds is 7. The normalized spacial score (nSPS) is 10.8. The Morgan fingerprint density at radius 2 is 1.15 bits per heavy atom. The van der Waals surface area contributed by atoms with Crippen LogP contribution >= 0.6 is 0 Å². The highest BCUT2D eigenvalue weighted by Crippen LogP contribution is 2.43. The topological polar surface area (TPSA) is 73.8 Å². The second-order valence-corrected chi connectivity index (χ2v) is 9.30. The summed E-state index contributed by atoms with van der Waals surface area (Å²) in [5.74, 6) is 0.826. The lowest BCUT2D eigenvalue weighted by molar-refractivity contribution is 0.443. The molecule has 4 nitrogen and oxygen atoms in total. The molecule has 33 heavy (non-hydrogen) atoms. The van der Waals surface area contributed by atoms with Gasteiger partial charge in [-0.15, -0.1) is 0 Å². The molecule has 4 heteroatoms. The first-order valence-corrected chi connectivity index (χ1v) is 11.3. The van der Waals surface area contributed by atoms with Gasteiger partial charge in [0, 0.05) is 33.7 Å². The molecule has 1 heterocycles. The first-order valence-electron chi connectivity index (χ1n) is 11.3. The van der Waals surface area contributed by atoms with Gasteiger partial charge in [0.1, 0.15) is 28.6 Å². The highest BCUT2D eigenvalue weighted by atomic mass is 16.3. The third-order valence-electron chi connectivity index (χ3n) is 5.65. The fraction of sp³-hybridized carbons (Fsp3) is 0.310. The van der Waals surface area contributed by atoms with Gasteiger partial charge < -0.3 is 19.7 Å². The van der Waals surface area contributed by atoms with Crippen LogP contribution in [0.25, 0.3) is 22.3 Å². The fourth-order valence-electron chi connectivity index (χ4n) is 3.84. The van der Waals surface area contributed by atoms with Crippen LogP contribution in [0, 0.1) is 0 Å². The Labute approximate surface area is 196 Å². The maximum atomic E-state index is 10.8. The fourth-order valence-corrected chi connectivity index (χ4v) is 3.84. The van der Waals surface area contributed by atoms with Crippen LogP contribution in [0.4, 0.5) is 0 Å². The zero-order valence-electron chi connectivity index (χ0n) is 20.4. The molecular formula is C29H34O4. The van der Waals surface area contributed by atoms with E-state index in [1.165, 1.54) is 6.07 Å². The number of fused-ring (bicyclic) bond motifs is 1. The Morgan fingerprint density at radius 1 is 0.667 bits per heavy atom. The summed E-state index contributed by atoms with van der Waals surface area (Å²) in [4.78, 5) is 0. The lowest BCUT2D eigenvalue weighted by Gasteiger charge is -2.15. The molecule has 3 rings (SSSR count). The summed E-state index contributed by atoms with van der Waals surface area (Å²) in [5, 5.41) is 32.9. The van der Waals surface area contributed by atoms with Gasteiger partial charge in [-0.3, -0.25) is 0 Å². The molecule has 0 aliphatic rings. The van der Waals surface area contributed by atoms with Gasteiger partial charge in [-0.2, -0.15) is 0 Å². The van der Waals surface area contributed by atoms with Crippen LogP contribution in [-0.4, -0.2) is 15.3 Å². The van der Waals surface area contributed by atoms with E-state index in [1.54, 1.807) is 6.07 Å². The molecule has 0 bridgehead atoms. The molecule has 3 aromatic rings. The molecule has 3 N–H and O–H groups in total. The molecular weight excluding hydrogens is 412 g/mol. The van der Waals surface area contributed by atoms with Crippen LogP contribution in [-0.2, 0) is 19.3 Å². The van der Waals surface area contributed by atoms with Crippen molar-refractivity contribution in [2.24, 2.45) is 0 Å². The second-order valence-electron chi connectivity index (χ2n) is 9.30. The minimum Gasteiger partial charge on any atom is -0.508 e. The van der Waals surface area contributed by atoms with Crippen molar-refractivity contribution in [2.75, 3.05) is 0 Å². The van der Waals surface area contributed by atoms with E-state index in [1.807, 2.05) is 53.7 Å². The number of allylic oxidation sites excluding steroid dienone is 6. The standard InChI is InChI=1S/C29H34O4/c1-17(2)7-11-21-25(31)16-26(32)22(12-8-18(3)4)28(21)27-15-20-10-14-24(30)23(29(20)33-27)13-9-19(5)6/h7-10,14-16,30-32H,11-13H2,1-6H3. The van der Waals surface area contributed by atoms with Crippen molar-refractivity contribution in [3.8, 4) is 28.6 Å². The van der Waals surface area contributed by atoms with Gasteiger partial charge in [0.25, 0.3) is 0 Å². The van der Waals surface area contributed by atoms with E-state index in [9.17, 15) is 15.3 Å². The molecule has 0 aliphatic heterocycles. The quantitative estimate of drug-likeness (QED) is 0.324. The summed E-state index contributed by atoms with van der Waals surface area (Å²) in [6.45, 7) is 12.1. The summed E-state index contributed by atoms with van der Waals surface area (Å²) in [5.41, 5.74) is 6.89. The molecule has 0 amide bonds. The molecule has 2 aromatic carbocycles. The van der Waals surface area contributed by atoms with Crippen molar-refractivity contribution >= 4 is 11.0 Å². The van der Waals surface area contributed by atoms with Crippen LogP contribution in [0.15, 0.2) is 63.6 Å². The smallest absolute Gasteiger partial charge is 0.142 e. The van der Waals surface area contributed by atoms with Crippen LogP contribution < -0.4 is 0 Å². The van der Waals surface area contributed by atoms with Gasteiger partial charge in [-0.05, 0) is 79.0 Å². The van der Waals surface area contributed by atoms with Crippen molar-refractivity contribution in [1.82, 2.24) is 0 Å². The highest BCUT2D eigenvalue weighted by molar-refractivity contribution is 5.89. The molecule has 1 aromatic heterocycles. The van der Waals surface area contributed by atoms with E-state index in [0.717, 1.165) is 27.7 Å². The molecule has 0 saturated carbocycles. The summed E-state index contributed by atoms with van der Waals surface area (Å²) in [6, 6.07) is 6.86.